The van der Waals surface area contributed by atoms with Crippen molar-refractivity contribution in [3.63, 3.8) is 0 Å². The summed E-state index contributed by atoms with van der Waals surface area (Å²) in [6.07, 6.45) is 2.91. The highest BCUT2D eigenvalue weighted by molar-refractivity contribution is 5.91. The summed E-state index contributed by atoms with van der Waals surface area (Å²) in [5, 5.41) is 1.17. The van der Waals surface area contributed by atoms with Gasteiger partial charge in [0, 0.05) is 24.5 Å². The smallest absolute Gasteiger partial charge is 0.139 e. The Labute approximate surface area is 120 Å². The summed E-state index contributed by atoms with van der Waals surface area (Å²) in [7, 11) is 2.20. The molecule has 2 aromatic rings. The fourth-order valence-electron chi connectivity index (χ4n) is 3.03. The lowest BCUT2D eigenvalue weighted by Crippen LogP contribution is -2.34. The SMILES string of the molecule is CCN(C)C1CCN(c2ncnc3c(C)cccc23)C1. The van der Waals surface area contributed by atoms with Crippen LogP contribution in [-0.4, -0.2) is 47.6 Å². The molecule has 0 spiro atoms. The van der Waals surface area contributed by atoms with Crippen LogP contribution in [0.15, 0.2) is 24.5 Å². The molecule has 3 rings (SSSR count). The van der Waals surface area contributed by atoms with Gasteiger partial charge >= 0.3 is 0 Å². The Morgan fingerprint density at radius 2 is 2.20 bits per heavy atom. The van der Waals surface area contributed by atoms with Crippen molar-refractivity contribution in [3.05, 3.63) is 30.1 Å². The zero-order chi connectivity index (χ0) is 14.1. The predicted octanol–water partition coefficient (Wildman–Crippen LogP) is 2.47. The number of anilines is 1. The molecule has 0 amide bonds. The van der Waals surface area contributed by atoms with E-state index in [2.05, 4.69) is 58.9 Å². The number of hydrogen-bond donors (Lipinski definition) is 0. The number of hydrogen-bond acceptors (Lipinski definition) is 4. The minimum Gasteiger partial charge on any atom is -0.354 e. The molecule has 1 aromatic carbocycles. The monoisotopic (exact) mass is 270 g/mol. The average Bonchev–Trinajstić information content (AvgIpc) is 2.96. The second-order valence-corrected chi connectivity index (χ2v) is 5.63. The first-order chi connectivity index (χ1) is 9.70. The van der Waals surface area contributed by atoms with Gasteiger partial charge in [-0.2, -0.15) is 0 Å². The maximum atomic E-state index is 4.55. The molecular formula is C16H22N4. The van der Waals surface area contributed by atoms with E-state index in [4.69, 9.17) is 0 Å². The van der Waals surface area contributed by atoms with Gasteiger partial charge in [-0.05, 0) is 38.6 Å². The number of para-hydroxylation sites is 1. The number of aryl methyl sites for hydroxylation is 1. The molecule has 1 aliphatic rings. The Balaban J connectivity index is 1.94. The maximum Gasteiger partial charge on any atom is 0.139 e. The minimum absolute atomic E-state index is 0.634. The first-order valence-corrected chi connectivity index (χ1v) is 7.36. The van der Waals surface area contributed by atoms with Crippen molar-refractivity contribution >= 4 is 16.7 Å². The number of nitrogens with zero attached hydrogens (tertiary/aromatic N) is 4. The van der Waals surface area contributed by atoms with Crippen LogP contribution in [-0.2, 0) is 0 Å². The molecule has 1 saturated heterocycles. The van der Waals surface area contributed by atoms with Gasteiger partial charge in [-0.25, -0.2) is 9.97 Å². The van der Waals surface area contributed by atoms with Crippen molar-refractivity contribution in [3.8, 4) is 0 Å². The maximum absolute atomic E-state index is 4.55. The van der Waals surface area contributed by atoms with Crippen LogP contribution in [0.5, 0.6) is 0 Å². The summed E-state index contributed by atoms with van der Waals surface area (Å²) < 4.78 is 0. The van der Waals surface area contributed by atoms with Gasteiger partial charge in [0.15, 0.2) is 0 Å². The second kappa shape index (κ2) is 5.37. The molecule has 4 heteroatoms. The van der Waals surface area contributed by atoms with Gasteiger partial charge in [0.2, 0.25) is 0 Å². The van der Waals surface area contributed by atoms with Crippen LogP contribution in [0.3, 0.4) is 0 Å². The molecule has 1 aliphatic heterocycles. The highest BCUT2D eigenvalue weighted by Gasteiger charge is 2.26. The molecule has 1 aromatic heterocycles. The van der Waals surface area contributed by atoms with Crippen molar-refractivity contribution in [2.75, 3.05) is 31.6 Å². The van der Waals surface area contributed by atoms with Gasteiger partial charge in [-0.1, -0.05) is 19.1 Å². The van der Waals surface area contributed by atoms with Crippen LogP contribution in [0, 0.1) is 6.92 Å². The van der Waals surface area contributed by atoms with Crippen molar-refractivity contribution in [1.82, 2.24) is 14.9 Å². The standard InChI is InChI=1S/C16H22N4/c1-4-19(3)13-8-9-20(10-13)16-14-7-5-6-12(2)15(14)17-11-18-16/h5-7,11,13H,4,8-10H2,1-3H3. The summed E-state index contributed by atoms with van der Waals surface area (Å²) in [4.78, 5) is 13.8. The van der Waals surface area contributed by atoms with Crippen molar-refractivity contribution < 1.29 is 0 Å². The van der Waals surface area contributed by atoms with E-state index in [0.717, 1.165) is 31.0 Å². The van der Waals surface area contributed by atoms with Crippen LogP contribution in [0.25, 0.3) is 10.9 Å². The van der Waals surface area contributed by atoms with Gasteiger partial charge in [0.25, 0.3) is 0 Å². The largest absolute Gasteiger partial charge is 0.354 e. The van der Waals surface area contributed by atoms with Crippen LogP contribution in [0.4, 0.5) is 5.82 Å². The Morgan fingerprint density at radius 3 is 3.00 bits per heavy atom. The molecule has 0 radical (unpaired) electrons. The summed E-state index contributed by atoms with van der Waals surface area (Å²) >= 11 is 0. The van der Waals surface area contributed by atoms with E-state index in [9.17, 15) is 0 Å². The number of rotatable bonds is 3. The van der Waals surface area contributed by atoms with Gasteiger partial charge in [0.05, 0.1) is 5.52 Å². The summed E-state index contributed by atoms with van der Waals surface area (Å²) in [6.45, 7) is 7.56. The van der Waals surface area contributed by atoms with Crippen LogP contribution >= 0.6 is 0 Å². The van der Waals surface area contributed by atoms with Crippen LogP contribution in [0.2, 0.25) is 0 Å². The minimum atomic E-state index is 0.634. The van der Waals surface area contributed by atoms with Crippen molar-refractivity contribution in [2.45, 2.75) is 26.3 Å². The molecule has 1 atom stereocenters. The zero-order valence-corrected chi connectivity index (χ0v) is 12.5. The lowest BCUT2D eigenvalue weighted by molar-refractivity contribution is 0.272. The molecular weight excluding hydrogens is 248 g/mol. The number of aromatic nitrogens is 2. The Morgan fingerprint density at radius 1 is 1.35 bits per heavy atom. The topological polar surface area (TPSA) is 32.3 Å². The molecule has 0 aliphatic carbocycles. The molecule has 0 bridgehead atoms. The van der Waals surface area contributed by atoms with E-state index in [1.54, 1.807) is 6.33 Å². The van der Waals surface area contributed by atoms with E-state index < -0.39 is 0 Å². The van der Waals surface area contributed by atoms with Gasteiger partial charge in [-0.3, -0.25) is 0 Å². The Kier molecular flexibility index (Phi) is 3.57. The highest BCUT2D eigenvalue weighted by atomic mass is 15.3. The average molecular weight is 270 g/mol. The molecule has 1 unspecified atom stereocenters. The Bertz CT molecular complexity index is 610. The molecule has 2 heterocycles. The van der Waals surface area contributed by atoms with Gasteiger partial charge in [-0.15, -0.1) is 0 Å². The van der Waals surface area contributed by atoms with E-state index in [1.165, 1.54) is 17.4 Å². The number of benzene rings is 1. The van der Waals surface area contributed by atoms with Gasteiger partial charge < -0.3 is 9.80 Å². The van der Waals surface area contributed by atoms with Gasteiger partial charge in [0.1, 0.15) is 12.1 Å². The lowest BCUT2D eigenvalue weighted by Gasteiger charge is -2.24. The summed E-state index contributed by atoms with van der Waals surface area (Å²) in [5.74, 6) is 1.09. The predicted molar refractivity (Wildman–Crippen MR) is 83.2 cm³/mol. The first kappa shape index (κ1) is 13.3. The third-order valence-corrected chi connectivity index (χ3v) is 4.43. The fraction of sp³-hybridized carbons (Fsp3) is 0.500. The molecule has 1 fully saturated rings. The number of fused-ring (bicyclic) bond motifs is 1. The zero-order valence-electron chi connectivity index (χ0n) is 12.5. The summed E-state index contributed by atoms with van der Waals surface area (Å²) in [6, 6.07) is 6.97. The van der Waals surface area contributed by atoms with E-state index in [1.807, 2.05) is 0 Å². The van der Waals surface area contributed by atoms with Crippen LogP contribution in [0.1, 0.15) is 18.9 Å². The highest BCUT2D eigenvalue weighted by Crippen LogP contribution is 2.28. The normalized spacial score (nSPS) is 19.2. The Hall–Kier alpha value is -1.68. The molecule has 20 heavy (non-hydrogen) atoms. The van der Waals surface area contributed by atoms with E-state index >= 15 is 0 Å². The fourth-order valence-corrected chi connectivity index (χ4v) is 3.03. The third kappa shape index (κ3) is 2.24. The molecule has 106 valence electrons. The van der Waals surface area contributed by atoms with Crippen molar-refractivity contribution in [1.29, 1.82) is 0 Å². The summed E-state index contributed by atoms with van der Waals surface area (Å²) in [5.41, 5.74) is 2.29. The quantitative estimate of drug-likeness (QED) is 0.857. The van der Waals surface area contributed by atoms with E-state index in [0.29, 0.717) is 6.04 Å². The number of likely N-dealkylation sites (N-methyl/N-ethyl adjacent to an activating group) is 1. The molecule has 0 saturated carbocycles. The molecule has 4 nitrogen and oxygen atoms in total. The second-order valence-electron chi connectivity index (χ2n) is 5.63. The molecule has 0 N–H and O–H groups in total. The third-order valence-electron chi connectivity index (χ3n) is 4.43. The first-order valence-electron chi connectivity index (χ1n) is 7.36. The van der Waals surface area contributed by atoms with Crippen molar-refractivity contribution in [2.24, 2.45) is 0 Å². The lowest BCUT2D eigenvalue weighted by atomic mass is 10.1. The van der Waals surface area contributed by atoms with E-state index in [-0.39, 0.29) is 0 Å². The van der Waals surface area contributed by atoms with Crippen LogP contribution < -0.4 is 4.90 Å².